The van der Waals surface area contributed by atoms with Gasteiger partial charge in [0, 0.05) is 24.8 Å². The van der Waals surface area contributed by atoms with Crippen LogP contribution in [0.3, 0.4) is 0 Å². The van der Waals surface area contributed by atoms with Crippen molar-refractivity contribution >= 4 is 17.8 Å². The van der Waals surface area contributed by atoms with Crippen molar-refractivity contribution in [2.75, 3.05) is 33.1 Å². The van der Waals surface area contributed by atoms with Gasteiger partial charge in [-0.3, -0.25) is 0 Å². The maximum absolute atomic E-state index is 12.2. The minimum Gasteiger partial charge on any atom is -0.389 e. The largest absolute Gasteiger partial charge is 0.389 e. The molecule has 0 spiro atoms. The van der Waals surface area contributed by atoms with Gasteiger partial charge in [0.25, 0.3) is 0 Å². The van der Waals surface area contributed by atoms with E-state index in [4.69, 9.17) is 4.74 Å². The molecule has 2 rings (SSSR count). The highest BCUT2D eigenvalue weighted by atomic mass is 32.2. The lowest BCUT2D eigenvalue weighted by Gasteiger charge is -2.28. The number of carbonyl (C=O) groups excluding carboxylic acids is 1. The van der Waals surface area contributed by atoms with Crippen molar-refractivity contribution in [1.29, 1.82) is 0 Å². The molecular weight excluding hydrogens is 288 g/mol. The molecule has 116 valence electrons. The molecular formula is C15H22N2O3S. The molecule has 0 aromatic heterocycles. The fraction of sp³-hybridized carbons (Fsp3) is 0.533. The van der Waals surface area contributed by atoms with Crippen LogP contribution >= 0.6 is 11.8 Å². The van der Waals surface area contributed by atoms with Crippen LogP contribution in [0.5, 0.6) is 0 Å². The number of amides is 2. The molecule has 5 nitrogen and oxygen atoms in total. The highest BCUT2D eigenvalue weighted by molar-refractivity contribution is 7.99. The van der Waals surface area contributed by atoms with Gasteiger partial charge in [-0.15, -0.1) is 11.8 Å². The quantitative estimate of drug-likeness (QED) is 0.871. The number of hydrogen-bond acceptors (Lipinski definition) is 4. The zero-order valence-corrected chi connectivity index (χ0v) is 13.2. The van der Waals surface area contributed by atoms with E-state index in [1.807, 2.05) is 23.9 Å². The molecule has 1 heterocycles. The Morgan fingerprint density at radius 3 is 3.10 bits per heavy atom. The number of benzene rings is 1. The molecule has 2 N–H and O–H groups in total. The molecule has 1 aliphatic heterocycles. The topological polar surface area (TPSA) is 61.8 Å². The number of carbonyl (C=O) groups is 1. The van der Waals surface area contributed by atoms with Gasteiger partial charge in [-0.25, -0.2) is 4.79 Å². The number of hydrogen-bond donors (Lipinski definition) is 2. The Labute approximate surface area is 129 Å². The van der Waals surface area contributed by atoms with Gasteiger partial charge in [0.2, 0.25) is 0 Å². The van der Waals surface area contributed by atoms with E-state index in [0.717, 1.165) is 12.2 Å². The Kier molecular flexibility index (Phi) is 5.90. The van der Waals surface area contributed by atoms with Gasteiger partial charge < -0.3 is 20.1 Å². The third-order valence-electron chi connectivity index (χ3n) is 3.45. The number of nitrogens with zero attached hydrogens (tertiary/aromatic N) is 1. The van der Waals surface area contributed by atoms with E-state index in [1.165, 1.54) is 22.5 Å². The molecule has 0 bridgehead atoms. The maximum Gasteiger partial charge on any atom is 0.317 e. The lowest BCUT2D eigenvalue weighted by atomic mass is 10.0. The van der Waals surface area contributed by atoms with Gasteiger partial charge in [0.15, 0.2) is 0 Å². The van der Waals surface area contributed by atoms with Crippen LogP contribution in [-0.4, -0.2) is 55.2 Å². The van der Waals surface area contributed by atoms with Crippen LogP contribution in [-0.2, 0) is 4.74 Å². The molecule has 1 aromatic carbocycles. The maximum atomic E-state index is 12.2. The Hall–Kier alpha value is -1.24. The SMILES string of the molecule is COCC(O)CN(C)C(=O)NC1CCSc2ccccc21. The summed E-state index contributed by atoms with van der Waals surface area (Å²) < 4.78 is 4.87. The Morgan fingerprint density at radius 1 is 1.57 bits per heavy atom. The van der Waals surface area contributed by atoms with Crippen LogP contribution in [0.4, 0.5) is 4.79 Å². The summed E-state index contributed by atoms with van der Waals surface area (Å²) in [5.41, 5.74) is 1.17. The third kappa shape index (κ3) is 4.36. The van der Waals surface area contributed by atoms with Crippen LogP contribution in [0.15, 0.2) is 29.2 Å². The second-order valence-corrected chi connectivity index (χ2v) is 6.30. The number of ether oxygens (including phenoxy) is 1. The predicted molar refractivity (Wildman–Crippen MR) is 83.6 cm³/mol. The van der Waals surface area contributed by atoms with Crippen molar-refractivity contribution in [3.63, 3.8) is 0 Å². The first-order chi connectivity index (χ1) is 10.1. The first kappa shape index (κ1) is 16.1. The summed E-state index contributed by atoms with van der Waals surface area (Å²) in [6.07, 6.45) is 0.252. The van der Waals surface area contributed by atoms with Gasteiger partial charge in [0.05, 0.1) is 25.3 Å². The van der Waals surface area contributed by atoms with Gasteiger partial charge >= 0.3 is 6.03 Å². The van der Waals surface area contributed by atoms with Crippen molar-refractivity contribution in [2.24, 2.45) is 0 Å². The lowest BCUT2D eigenvalue weighted by molar-refractivity contribution is 0.0487. The highest BCUT2D eigenvalue weighted by Crippen LogP contribution is 2.35. The number of urea groups is 1. The number of methoxy groups -OCH3 is 1. The van der Waals surface area contributed by atoms with Crippen molar-refractivity contribution in [1.82, 2.24) is 10.2 Å². The second kappa shape index (κ2) is 7.68. The number of rotatable bonds is 5. The number of likely N-dealkylation sites (N-methyl/N-ethyl adjacent to an activating group) is 1. The van der Waals surface area contributed by atoms with Gasteiger partial charge in [-0.2, -0.15) is 0 Å². The minimum atomic E-state index is -0.667. The smallest absolute Gasteiger partial charge is 0.317 e. The summed E-state index contributed by atoms with van der Waals surface area (Å²) in [4.78, 5) is 14.9. The monoisotopic (exact) mass is 310 g/mol. The molecule has 0 saturated heterocycles. The number of aliphatic hydroxyl groups is 1. The van der Waals surface area contributed by atoms with E-state index in [2.05, 4.69) is 17.4 Å². The van der Waals surface area contributed by atoms with E-state index in [1.54, 1.807) is 7.05 Å². The average molecular weight is 310 g/mol. The van der Waals surface area contributed by atoms with Crippen molar-refractivity contribution in [3.05, 3.63) is 29.8 Å². The van der Waals surface area contributed by atoms with Gasteiger partial charge in [-0.05, 0) is 18.1 Å². The Bertz CT molecular complexity index is 484. The van der Waals surface area contributed by atoms with E-state index in [9.17, 15) is 9.90 Å². The van der Waals surface area contributed by atoms with Crippen molar-refractivity contribution in [2.45, 2.75) is 23.5 Å². The van der Waals surface area contributed by atoms with Crippen LogP contribution in [0.25, 0.3) is 0 Å². The van der Waals surface area contributed by atoms with Crippen molar-refractivity contribution < 1.29 is 14.6 Å². The van der Waals surface area contributed by atoms with Gasteiger partial charge in [-0.1, -0.05) is 18.2 Å². The number of fused-ring (bicyclic) bond motifs is 1. The fourth-order valence-electron chi connectivity index (χ4n) is 2.40. The third-order valence-corrected chi connectivity index (χ3v) is 4.57. The second-order valence-electron chi connectivity index (χ2n) is 5.17. The molecule has 6 heteroatoms. The number of nitrogens with one attached hydrogen (secondary N) is 1. The van der Waals surface area contributed by atoms with E-state index in [-0.39, 0.29) is 25.2 Å². The van der Waals surface area contributed by atoms with E-state index >= 15 is 0 Å². The molecule has 21 heavy (non-hydrogen) atoms. The molecule has 2 atom stereocenters. The first-order valence-corrected chi connectivity index (χ1v) is 8.00. The van der Waals surface area contributed by atoms with E-state index < -0.39 is 6.10 Å². The molecule has 1 aliphatic rings. The predicted octanol–water partition coefficient (Wildman–Crippen LogP) is 1.87. The summed E-state index contributed by atoms with van der Waals surface area (Å²) >= 11 is 1.82. The molecule has 2 amide bonds. The Morgan fingerprint density at radius 2 is 2.33 bits per heavy atom. The summed E-state index contributed by atoms with van der Waals surface area (Å²) in [6.45, 7) is 0.476. The molecule has 1 aromatic rings. The molecule has 0 radical (unpaired) electrons. The fourth-order valence-corrected chi connectivity index (χ4v) is 3.52. The van der Waals surface area contributed by atoms with Crippen LogP contribution in [0.1, 0.15) is 18.0 Å². The summed E-state index contributed by atoms with van der Waals surface area (Å²) in [5, 5.41) is 12.7. The van der Waals surface area contributed by atoms with E-state index in [0.29, 0.717) is 0 Å². The normalized spacial score (nSPS) is 18.7. The number of aliphatic hydroxyl groups excluding tert-OH is 1. The Balaban J connectivity index is 1.94. The summed E-state index contributed by atoms with van der Waals surface area (Å²) in [6, 6.07) is 8.03. The highest BCUT2D eigenvalue weighted by Gasteiger charge is 2.23. The zero-order chi connectivity index (χ0) is 15.2. The average Bonchev–Trinajstić information content (AvgIpc) is 2.47. The summed E-state index contributed by atoms with van der Waals surface area (Å²) in [7, 11) is 3.21. The standard InChI is InChI=1S/C15H22N2O3S/c1-17(9-11(18)10-20-2)15(19)16-13-7-8-21-14-6-4-3-5-12(13)14/h3-6,11,13,18H,7-10H2,1-2H3,(H,16,19). The van der Waals surface area contributed by atoms with Gasteiger partial charge in [0.1, 0.15) is 0 Å². The molecule has 0 saturated carbocycles. The van der Waals surface area contributed by atoms with Crippen LogP contribution < -0.4 is 5.32 Å². The zero-order valence-electron chi connectivity index (χ0n) is 12.4. The first-order valence-electron chi connectivity index (χ1n) is 7.02. The molecule has 0 aliphatic carbocycles. The molecule has 2 unspecified atom stereocenters. The minimum absolute atomic E-state index is 0.0389. The van der Waals surface area contributed by atoms with Crippen molar-refractivity contribution in [3.8, 4) is 0 Å². The van der Waals surface area contributed by atoms with Crippen LogP contribution in [0.2, 0.25) is 0 Å². The summed E-state index contributed by atoms with van der Waals surface area (Å²) in [5.74, 6) is 0.998. The molecule has 0 fully saturated rings. The number of thioether (sulfide) groups is 1. The van der Waals surface area contributed by atoms with Crippen LogP contribution in [0, 0.1) is 0 Å². The lowest BCUT2D eigenvalue weighted by Crippen LogP contribution is -2.44.